The average Bonchev–Trinajstić information content (AvgIpc) is 4.10. The summed E-state index contributed by atoms with van der Waals surface area (Å²) in [7, 11) is 0. The lowest BCUT2D eigenvalue weighted by molar-refractivity contribution is 0.0257. The Morgan fingerprint density at radius 2 is 0.983 bits per heavy atom. The van der Waals surface area contributed by atoms with Crippen LogP contribution in [-0.2, 0) is 24.3 Å². The van der Waals surface area contributed by atoms with Crippen LogP contribution in [0.5, 0.6) is 11.5 Å². The molecular formula is C44H34N6O4S6. The van der Waals surface area contributed by atoms with E-state index in [9.17, 15) is 30.6 Å². The molecule has 2 spiro atoms. The molecule has 6 aromatic rings. The van der Waals surface area contributed by atoms with E-state index < -0.39 is 11.2 Å². The molecule has 0 radical (unpaired) electrons. The Bertz CT molecular complexity index is 3120. The number of hydrogen-bond donors (Lipinski definition) is 0. The van der Waals surface area contributed by atoms with Gasteiger partial charge in [0, 0.05) is 34.0 Å². The van der Waals surface area contributed by atoms with Gasteiger partial charge in [-0.25, -0.2) is 0 Å². The van der Waals surface area contributed by atoms with E-state index >= 15 is 0 Å². The number of fused-ring (bicyclic) bond motifs is 11. The van der Waals surface area contributed by atoms with Crippen molar-refractivity contribution in [2.75, 3.05) is 0 Å². The molecule has 2 fully saturated rings. The highest BCUT2D eigenvalue weighted by Crippen LogP contribution is 2.65. The van der Waals surface area contributed by atoms with Gasteiger partial charge in [0.1, 0.15) is 56.3 Å². The summed E-state index contributed by atoms with van der Waals surface area (Å²) in [6, 6.07) is 11.9. The zero-order valence-electron chi connectivity index (χ0n) is 32.6. The van der Waals surface area contributed by atoms with Crippen LogP contribution in [0.2, 0.25) is 0 Å². The van der Waals surface area contributed by atoms with Crippen LogP contribution < -0.4 is 39.0 Å². The number of rotatable bonds is 4. The standard InChI is InChI=1S/C44H34N6O4S6/c1-3-49-39(51)29(57-41(49)23(19-45)20-46)17-25-15-27-33(55-25)35-31(43(53-27)11-7-5-8-12-43)37-38(59-35)32-36(60-37)34-28(54-44(32)13-9-6-10-14-44)16-26(56-34)18-30-40(52)50(4-2)42(58-30)24(21-47)22-48/h15-18H,3-14H2,1-2H3/b29-17-,30-18-. The van der Waals surface area contributed by atoms with Crippen molar-refractivity contribution in [2.24, 2.45) is 0 Å². The predicted molar refractivity (Wildman–Crippen MR) is 241 cm³/mol. The highest BCUT2D eigenvalue weighted by Gasteiger charge is 2.50. The minimum Gasteiger partial charge on any atom is -0.481 e. The first-order valence-electron chi connectivity index (χ1n) is 20.0. The van der Waals surface area contributed by atoms with Crippen LogP contribution in [0.3, 0.4) is 0 Å². The van der Waals surface area contributed by atoms with Crippen LogP contribution in [0.25, 0.3) is 52.2 Å². The Balaban J connectivity index is 1.17. The van der Waals surface area contributed by atoms with Gasteiger partial charge < -0.3 is 9.47 Å². The van der Waals surface area contributed by atoms with E-state index in [0.29, 0.717) is 31.5 Å². The van der Waals surface area contributed by atoms with E-state index in [4.69, 9.17) is 9.47 Å². The molecule has 2 aliphatic carbocycles. The van der Waals surface area contributed by atoms with Gasteiger partial charge in [-0.15, -0.1) is 68.0 Å². The summed E-state index contributed by atoms with van der Waals surface area (Å²) < 4.78 is 21.7. The smallest absolute Gasteiger partial charge is 0.269 e. The monoisotopic (exact) mass is 902 g/mol. The Hall–Kier alpha value is -5.04. The first-order valence-corrected chi connectivity index (χ1v) is 24.9. The predicted octanol–water partition coefficient (Wildman–Crippen LogP) is 8.06. The lowest BCUT2D eigenvalue weighted by Crippen LogP contribution is -2.37. The van der Waals surface area contributed by atoms with Gasteiger partial charge in [0.2, 0.25) is 0 Å². The number of thiophene rings is 4. The van der Waals surface area contributed by atoms with E-state index in [-0.39, 0.29) is 22.3 Å². The van der Waals surface area contributed by atoms with E-state index in [2.05, 4.69) is 12.1 Å². The molecule has 0 amide bonds. The second kappa shape index (κ2) is 14.8. The normalized spacial score (nSPS) is 17.4. The number of aromatic nitrogens is 2. The molecule has 2 saturated carbocycles. The molecule has 0 unspecified atom stereocenters. The van der Waals surface area contributed by atoms with Crippen molar-refractivity contribution in [1.82, 2.24) is 9.13 Å². The molecule has 8 heterocycles. The van der Waals surface area contributed by atoms with E-state index in [1.54, 1.807) is 22.7 Å². The quantitative estimate of drug-likeness (QED) is 0.172. The summed E-state index contributed by atoms with van der Waals surface area (Å²) in [5, 5.41) is 38.4. The van der Waals surface area contributed by atoms with Crippen molar-refractivity contribution in [2.45, 2.75) is 102 Å². The molecule has 300 valence electrons. The first kappa shape index (κ1) is 39.1. The SMILES string of the molecule is CCn1c(=C(C#N)C#N)s/c(=C\c2cc3c(s2)-c2sc4c5c(sc4c2C2(CCCCC2)O3)-c2sc(/C=c3\sc(=C(C#N)C#N)n(CC)c3=O)cc2OC52CCCCC2)c1=O. The maximum Gasteiger partial charge on any atom is 0.269 e. The minimum atomic E-state index is -0.476. The molecule has 0 aromatic carbocycles. The lowest BCUT2D eigenvalue weighted by atomic mass is 9.76. The van der Waals surface area contributed by atoms with Crippen LogP contribution in [0.15, 0.2) is 21.7 Å². The molecule has 0 N–H and O–H groups in total. The summed E-state index contributed by atoms with van der Waals surface area (Å²) in [5.41, 5.74) is 1.05. The molecule has 6 aromatic heterocycles. The van der Waals surface area contributed by atoms with Crippen molar-refractivity contribution in [1.29, 1.82) is 21.0 Å². The third kappa shape index (κ3) is 5.80. The van der Waals surface area contributed by atoms with Crippen LogP contribution in [0, 0.1) is 45.3 Å². The Kier molecular flexibility index (Phi) is 9.68. The minimum absolute atomic E-state index is 0.0646. The summed E-state index contributed by atoms with van der Waals surface area (Å²) in [4.78, 5) is 33.4. The average molecular weight is 903 g/mol. The number of hydrogen-bond acceptors (Lipinski definition) is 14. The van der Waals surface area contributed by atoms with Crippen molar-refractivity contribution in [3.8, 4) is 55.3 Å². The van der Waals surface area contributed by atoms with E-state index in [1.165, 1.54) is 62.1 Å². The summed E-state index contributed by atoms with van der Waals surface area (Å²) in [6.45, 7) is 4.40. The third-order valence-electron chi connectivity index (χ3n) is 12.1. The second-order valence-corrected chi connectivity index (χ2v) is 21.7. The molecule has 0 bridgehead atoms. The number of nitriles is 4. The fraction of sp³-hybridized carbons (Fsp3) is 0.364. The summed E-state index contributed by atoms with van der Waals surface area (Å²) in [6.07, 6.45) is 14.0. The van der Waals surface area contributed by atoms with E-state index in [1.807, 2.05) is 72.9 Å². The van der Waals surface area contributed by atoms with Gasteiger partial charge in [-0.2, -0.15) is 21.0 Å². The maximum atomic E-state index is 13.5. The topological polar surface area (TPSA) is 158 Å². The number of thiazole rings is 2. The van der Waals surface area contributed by atoms with Gasteiger partial charge in [-0.3, -0.25) is 18.7 Å². The zero-order chi connectivity index (χ0) is 41.5. The molecule has 4 aliphatic rings. The highest BCUT2D eigenvalue weighted by molar-refractivity contribution is 7.34. The molecule has 16 heteroatoms. The number of ether oxygens (including phenoxy) is 2. The molecule has 60 heavy (non-hydrogen) atoms. The maximum absolute atomic E-state index is 13.5. The zero-order valence-corrected chi connectivity index (χ0v) is 37.5. The molecule has 0 saturated heterocycles. The van der Waals surface area contributed by atoms with Crippen LogP contribution in [0.4, 0.5) is 0 Å². The van der Waals surface area contributed by atoms with Crippen LogP contribution in [0.1, 0.15) is 98.9 Å². The lowest BCUT2D eigenvalue weighted by Gasteiger charge is -2.41. The Labute approximate surface area is 367 Å². The van der Waals surface area contributed by atoms with E-state index in [0.717, 1.165) is 95.2 Å². The largest absolute Gasteiger partial charge is 0.481 e. The molecular weight excluding hydrogens is 869 g/mol. The van der Waals surface area contributed by atoms with Gasteiger partial charge in [-0.05, 0) is 89.5 Å². The number of nitrogens with zero attached hydrogens (tertiary/aromatic N) is 6. The molecule has 2 aliphatic heterocycles. The third-order valence-corrected chi connectivity index (χ3v) is 19.3. The van der Waals surface area contributed by atoms with Crippen molar-refractivity contribution in [3.63, 3.8) is 0 Å². The molecule has 10 nitrogen and oxygen atoms in total. The fourth-order valence-electron chi connectivity index (χ4n) is 9.43. The van der Waals surface area contributed by atoms with Crippen LogP contribution >= 0.6 is 68.0 Å². The van der Waals surface area contributed by atoms with Gasteiger partial charge in [0.15, 0.2) is 11.1 Å². The summed E-state index contributed by atoms with van der Waals surface area (Å²) in [5.74, 6) is 1.68. The van der Waals surface area contributed by atoms with Crippen molar-refractivity contribution in [3.05, 3.63) is 72.1 Å². The molecule has 10 rings (SSSR count). The van der Waals surface area contributed by atoms with Crippen LogP contribution in [-0.4, -0.2) is 9.13 Å². The van der Waals surface area contributed by atoms with Gasteiger partial charge in [-0.1, -0.05) is 12.8 Å². The van der Waals surface area contributed by atoms with Crippen molar-refractivity contribution < 1.29 is 9.47 Å². The Morgan fingerprint density at radius 1 is 0.600 bits per heavy atom. The molecule has 0 atom stereocenters. The second-order valence-electron chi connectivity index (χ2n) is 15.4. The Morgan fingerprint density at radius 3 is 1.33 bits per heavy atom. The highest BCUT2D eigenvalue weighted by atomic mass is 32.1. The van der Waals surface area contributed by atoms with Gasteiger partial charge >= 0.3 is 0 Å². The first-order chi connectivity index (χ1) is 29.2. The summed E-state index contributed by atoms with van der Waals surface area (Å²) >= 11 is 9.29. The van der Waals surface area contributed by atoms with Gasteiger partial charge in [0.05, 0.1) is 38.0 Å². The van der Waals surface area contributed by atoms with Crippen molar-refractivity contribution >= 4 is 101 Å². The van der Waals surface area contributed by atoms with Gasteiger partial charge in [0.25, 0.3) is 11.1 Å². The fourth-order valence-corrected chi connectivity index (χ4v) is 17.4.